The Bertz CT molecular complexity index is 679. The summed E-state index contributed by atoms with van der Waals surface area (Å²) in [7, 11) is 0. The molecule has 0 aliphatic rings. The summed E-state index contributed by atoms with van der Waals surface area (Å²) in [6, 6.07) is 5.16. The molecule has 0 radical (unpaired) electrons. The number of fused-ring (bicyclic) bond motifs is 1. The van der Waals surface area contributed by atoms with E-state index in [4.69, 9.17) is 0 Å². The van der Waals surface area contributed by atoms with Gasteiger partial charge in [-0.15, -0.1) is 0 Å². The number of nitro benzene ring substituents is 1. The minimum absolute atomic E-state index is 0.00661. The molecule has 112 valence electrons. The highest BCUT2D eigenvalue weighted by molar-refractivity contribution is 5.96. The van der Waals surface area contributed by atoms with Gasteiger partial charge in [0.2, 0.25) is 0 Å². The van der Waals surface area contributed by atoms with Gasteiger partial charge in [-0.3, -0.25) is 10.1 Å². The molecule has 0 saturated heterocycles. The van der Waals surface area contributed by atoms with E-state index in [0.717, 1.165) is 6.07 Å². The predicted octanol–water partition coefficient (Wildman–Crippen LogP) is 3.46. The van der Waals surface area contributed by atoms with Crippen molar-refractivity contribution in [3.05, 3.63) is 40.6 Å². The van der Waals surface area contributed by atoms with Gasteiger partial charge in [0.05, 0.1) is 11.5 Å². The molecular formula is C12H9F4N3O2. The molecule has 0 spiro atoms. The molecule has 1 aromatic heterocycles. The topological polar surface area (TPSA) is 68.1 Å². The van der Waals surface area contributed by atoms with E-state index in [9.17, 15) is 27.7 Å². The van der Waals surface area contributed by atoms with Crippen LogP contribution in [0, 0.1) is 10.1 Å². The predicted molar refractivity (Wildman–Crippen MR) is 67.8 cm³/mol. The Morgan fingerprint density at radius 2 is 2.05 bits per heavy atom. The largest absolute Gasteiger partial charge is 0.378 e. The van der Waals surface area contributed by atoms with Crippen LogP contribution in [0.2, 0.25) is 0 Å². The zero-order valence-electron chi connectivity index (χ0n) is 10.4. The molecule has 21 heavy (non-hydrogen) atoms. The molecule has 0 atom stereocenters. The number of nitro groups is 1. The maximum absolute atomic E-state index is 12.9. The minimum Gasteiger partial charge on any atom is -0.378 e. The Balaban J connectivity index is 2.38. The van der Waals surface area contributed by atoms with Crippen molar-refractivity contribution in [2.24, 2.45) is 0 Å². The first kappa shape index (κ1) is 14.9. The van der Waals surface area contributed by atoms with Crippen LogP contribution in [0.4, 0.5) is 28.9 Å². The molecule has 0 bridgehead atoms. The maximum atomic E-state index is 12.9. The fourth-order valence-corrected chi connectivity index (χ4v) is 1.75. The fraction of sp³-hybridized carbons (Fsp3) is 0.250. The second-order valence-corrected chi connectivity index (χ2v) is 4.20. The van der Waals surface area contributed by atoms with Crippen molar-refractivity contribution in [3.63, 3.8) is 0 Å². The van der Waals surface area contributed by atoms with E-state index < -0.39 is 23.8 Å². The molecule has 0 amide bonds. The Morgan fingerprint density at radius 1 is 1.33 bits per heavy atom. The Morgan fingerprint density at radius 3 is 2.67 bits per heavy atom. The van der Waals surface area contributed by atoms with Gasteiger partial charge in [-0.1, -0.05) is 0 Å². The van der Waals surface area contributed by atoms with Crippen LogP contribution < -0.4 is 5.32 Å². The number of nitrogens with zero attached hydrogens (tertiary/aromatic N) is 2. The van der Waals surface area contributed by atoms with Gasteiger partial charge in [0.15, 0.2) is 0 Å². The van der Waals surface area contributed by atoms with Crippen LogP contribution in [0.25, 0.3) is 10.9 Å². The van der Waals surface area contributed by atoms with E-state index in [1.54, 1.807) is 0 Å². The molecule has 0 aliphatic carbocycles. The SMILES string of the molecule is O=[N+]([O-])c1ccc(NCC(F)(F)C(F)F)c2cccnc12. The lowest BCUT2D eigenvalue weighted by molar-refractivity contribution is -0.383. The number of halogens is 4. The van der Waals surface area contributed by atoms with E-state index in [1.807, 2.05) is 0 Å². The molecular weight excluding hydrogens is 294 g/mol. The van der Waals surface area contributed by atoms with Crippen molar-refractivity contribution in [2.45, 2.75) is 12.3 Å². The number of non-ortho nitro benzene ring substituents is 1. The highest BCUT2D eigenvalue weighted by atomic mass is 19.3. The Labute approximate surface area is 115 Å². The number of hydrogen-bond acceptors (Lipinski definition) is 4. The van der Waals surface area contributed by atoms with E-state index in [2.05, 4.69) is 10.3 Å². The summed E-state index contributed by atoms with van der Waals surface area (Å²) in [6.45, 7) is -1.29. The van der Waals surface area contributed by atoms with Gasteiger partial charge in [-0.2, -0.15) is 8.78 Å². The van der Waals surface area contributed by atoms with Gasteiger partial charge in [-0.05, 0) is 18.2 Å². The van der Waals surface area contributed by atoms with Crippen molar-refractivity contribution < 1.29 is 22.5 Å². The normalized spacial score (nSPS) is 11.9. The molecule has 1 aromatic carbocycles. The molecule has 1 N–H and O–H groups in total. The summed E-state index contributed by atoms with van der Waals surface area (Å²) in [6.07, 6.45) is -2.49. The van der Waals surface area contributed by atoms with Crippen molar-refractivity contribution in [1.29, 1.82) is 0 Å². The van der Waals surface area contributed by atoms with Gasteiger partial charge in [0.1, 0.15) is 5.52 Å². The summed E-state index contributed by atoms with van der Waals surface area (Å²) in [5.74, 6) is -4.20. The van der Waals surface area contributed by atoms with Crippen LogP contribution in [-0.2, 0) is 0 Å². The van der Waals surface area contributed by atoms with Crippen LogP contribution in [0.15, 0.2) is 30.5 Å². The number of rotatable bonds is 5. The average molecular weight is 303 g/mol. The zero-order valence-corrected chi connectivity index (χ0v) is 10.4. The zero-order chi connectivity index (χ0) is 15.6. The van der Waals surface area contributed by atoms with Crippen LogP contribution in [-0.4, -0.2) is 28.8 Å². The molecule has 5 nitrogen and oxygen atoms in total. The van der Waals surface area contributed by atoms with Gasteiger partial charge in [0.25, 0.3) is 5.69 Å². The molecule has 0 aliphatic heterocycles. The summed E-state index contributed by atoms with van der Waals surface area (Å²) in [5.41, 5.74) is -0.228. The molecule has 0 saturated carbocycles. The summed E-state index contributed by atoms with van der Waals surface area (Å²) >= 11 is 0. The highest BCUT2D eigenvalue weighted by Gasteiger charge is 2.40. The number of aromatic nitrogens is 1. The number of benzene rings is 1. The lowest BCUT2D eigenvalue weighted by atomic mass is 10.1. The highest BCUT2D eigenvalue weighted by Crippen LogP contribution is 2.31. The first-order valence-corrected chi connectivity index (χ1v) is 5.75. The van der Waals surface area contributed by atoms with Crippen LogP contribution >= 0.6 is 0 Å². The number of pyridine rings is 1. The van der Waals surface area contributed by atoms with Gasteiger partial charge < -0.3 is 5.32 Å². The third-order valence-corrected chi connectivity index (χ3v) is 2.78. The van der Waals surface area contributed by atoms with Crippen LogP contribution in [0.5, 0.6) is 0 Å². The second kappa shape index (κ2) is 5.51. The first-order chi connectivity index (χ1) is 9.83. The molecule has 2 rings (SSSR count). The van der Waals surface area contributed by atoms with Crippen LogP contribution in [0.1, 0.15) is 0 Å². The fourth-order valence-electron chi connectivity index (χ4n) is 1.75. The molecule has 0 unspecified atom stereocenters. The molecule has 0 fully saturated rings. The lowest BCUT2D eigenvalue weighted by Crippen LogP contribution is -2.34. The first-order valence-electron chi connectivity index (χ1n) is 5.75. The quantitative estimate of drug-likeness (QED) is 0.522. The molecule has 1 heterocycles. The molecule has 2 aromatic rings. The van der Waals surface area contributed by atoms with E-state index in [1.165, 1.54) is 24.4 Å². The summed E-state index contributed by atoms with van der Waals surface area (Å²) < 4.78 is 50.0. The van der Waals surface area contributed by atoms with Gasteiger partial charge in [0, 0.05) is 23.3 Å². The lowest BCUT2D eigenvalue weighted by Gasteiger charge is -2.17. The van der Waals surface area contributed by atoms with Crippen molar-refractivity contribution in [3.8, 4) is 0 Å². The third-order valence-electron chi connectivity index (χ3n) is 2.78. The smallest absolute Gasteiger partial charge is 0.324 e. The Kier molecular flexibility index (Phi) is 3.92. The Hall–Kier alpha value is -2.45. The maximum Gasteiger partial charge on any atom is 0.324 e. The standard InChI is InChI=1S/C12H9F4N3O2/c13-11(14)12(15,16)6-18-8-3-4-9(19(20)21)10-7(8)2-1-5-17-10/h1-5,11,18H,6H2. The van der Waals surface area contributed by atoms with Crippen molar-refractivity contribution in [1.82, 2.24) is 4.98 Å². The van der Waals surface area contributed by atoms with Crippen molar-refractivity contribution >= 4 is 22.3 Å². The van der Waals surface area contributed by atoms with E-state index in [0.29, 0.717) is 0 Å². The number of nitrogens with one attached hydrogen (secondary N) is 1. The number of anilines is 1. The van der Waals surface area contributed by atoms with E-state index in [-0.39, 0.29) is 22.3 Å². The monoisotopic (exact) mass is 303 g/mol. The van der Waals surface area contributed by atoms with Crippen molar-refractivity contribution in [2.75, 3.05) is 11.9 Å². The van der Waals surface area contributed by atoms with E-state index >= 15 is 0 Å². The van der Waals surface area contributed by atoms with Gasteiger partial charge >= 0.3 is 12.3 Å². The average Bonchev–Trinajstić information content (AvgIpc) is 2.44. The molecule has 9 heteroatoms. The second-order valence-electron chi connectivity index (χ2n) is 4.20. The number of alkyl halides is 4. The van der Waals surface area contributed by atoms with Crippen LogP contribution in [0.3, 0.4) is 0 Å². The number of hydrogen-bond donors (Lipinski definition) is 1. The van der Waals surface area contributed by atoms with Gasteiger partial charge in [-0.25, -0.2) is 13.8 Å². The summed E-state index contributed by atoms with van der Waals surface area (Å²) in [4.78, 5) is 14.0. The summed E-state index contributed by atoms with van der Waals surface area (Å²) in [5, 5.41) is 13.2. The third kappa shape index (κ3) is 3.01. The minimum atomic E-state index is -4.20.